The van der Waals surface area contributed by atoms with Gasteiger partial charge in [-0.3, -0.25) is 4.79 Å². The summed E-state index contributed by atoms with van der Waals surface area (Å²) in [5.74, 6) is 0.702. The van der Waals surface area contributed by atoms with Crippen molar-refractivity contribution in [2.75, 3.05) is 7.11 Å². The van der Waals surface area contributed by atoms with Gasteiger partial charge in [0, 0.05) is 5.02 Å². The quantitative estimate of drug-likeness (QED) is 0.644. The molecule has 1 atom stereocenters. The van der Waals surface area contributed by atoms with Gasteiger partial charge in [-0.05, 0) is 47.9 Å². The van der Waals surface area contributed by atoms with Crippen molar-refractivity contribution in [1.82, 2.24) is 5.32 Å². The number of nitrogens with one attached hydrogen (secondary N) is 1. The van der Waals surface area contributed by atoms with Crippen LogP contribution in [0.3, 0.4) is 0 Å². The molecule has 5 nitrogen and oxygen atoms in total. The minimum atomic E-state index is -0.255. The molecule has 1 aliphatic heterocycles. The minimum Gasteiger partial charge on any atom is -0.497 e. The number of rotatable bonds is 5. The fourth-order valence-corrected chi connectivity index (χ4v) is 3.45. The van der Waals surface area contributed by atoms with Gasteiger partial charge in [0.15, 0.2) is 5.17 Å². The highest BCUT2D eigenvalue weighted by atomic mass is 35.5. The first-order chi connectivity index (χ1) is 12.2. The molecule has 0 radical (unpaired) electrons. The largest absolute Gasteiger partial charge is 0.497 e. The van der Waals surface area contributed by atoms with Crippen LogP contribution >= 0.6 is 23.4 Å². The Hall–Kier alpha value is -2.31. The number of methoxy groups -OCH3 is 1. The van der Waals surface area contributed by atoms with Crippen LogP contribution in [0.1, 0.15) is 11.1 Å². The molecule has 25 heavy (non-hydrogen) atoms. The fourth-order valence-electron chi connectivity index (χ4n) is 2.29. The van der Waals surface area contributed by atoms with Gasteiger partial charge in [-0.25, -0.2) is 0 Å². The van der Waals surface area contributed by atoms with E-state index in [-0.39, 0.29) is 11.2 Å². The van der Waals surface area contributed by atoms with Crippen LogP contribution in [0.15, 0.2) is 58.7 Å². The number of hydrogen-bond donors (Lipinski definition) is 1. The van der Waals surface area contributed by atoms with Crippen molar-refractivity contribution in [3.05, 3.63) is 64.7 Å². The van der Waals surface area contributed by atoms with Gasteiger partial charge in [-0.2, -0.15) is 5.10 Å². The summed E-state index contributed by atoms with van der Waals surface area (Å²) in [5, 5.41) is 11.8. The zero-order valence-electron chi connectivity index (χ0n) is 13.5. The summed E-state index contributed by atoms with van der Waals surface area (Å²) in [7, 11) is 1.62. The summed E-state index contributed by atoms with van der Waals surface area (Å²) in [6.07, 6.45) is 2.18. The second kappa shape index (κ2) is 8.18. The van der Waals surface area contributed by atoms with Gasteiger partial charge in [-0.15, -0.1) is 5.10 Å². The Balaban J connectivity index is 1.62. The highest BCUT2D eigenvalue weighted by Crippen LogP contribution is 2.26. The first kappa shape index (κ1) is 17.5. The molecule has 1 heterocycles. The zero-order chi connectivity index (χ0) is 17.6. The molecular weight excluding hydrogens is 358 g/mol. The molecule has 1 fully saturated rings. The second-order valence-corrected chi connectivity index (χ2v) is 6.91. The number of halogens is 1. The summed E-state index contributed by atoms with van der Waals surface area (Å²) >= 11 is 7.52. The van der Waals surface area contributed by atoms with E-state index in [4.69, 9.17) is 16.3 Å². The monoisotopic (exact) mass is 373 g/mol. The van der Waals surface area contributed by atoms with Gasteiger partial charge in [0.25, 0.3) is 0 Å². The highest BCUT2D eigenvalue weighted by molar-refractivity contribution is 8.15. The molecule has 7 heteroatoms. The third kappa shape index (κ3) is 4.61. The van der Waals surface area contributed by atoms with Crippen LogP contribution in [0.2, 0.25) is 5.02 Å². The smallest absolute Gasteiger partial charge is 0.239 e. The Morgan fingerprint density at radius 1 is 1.24 bits per heavy atom. The summed E-state index contributed by atoms with van der Waals surface area (Å²) in [6.45, 7) is 0. The number of nitrogens with zero attached hydrogens (tertiary/aromatic N) is 2. The van der Waals surface area contributed by atoms with Crippen LogP contribution in [-0.2, 0) is 11.2 Å². The SMILES string of the molecule is COc1ccc(C=NN=C2NC(=O)C(Cc3ccccc3Cl)S2)cc1. The van der Waals surface area contributed by atoms with E-state index in [1.165, 1.54) is 11.8 Å². The van der Waals surface area contributed by atoms with Crippen LogP contribution in [0.5, 0.6) is 5.75 Å². The van der Waals surface area contributed by atoms with Crippen LogP contribution in [0.25, 0.3) is 0 Å². The zero-order valence-corrected chi connectivity index (χ0v) is 15.1. The van der Waals surface area contributed by atoms with Crippen LogP contribution in [0, 0.1) is 0 Å². The lowest BCUT2D eigenvalue weighted by Crippen LogP contribution is -2.26. The van der Waals surface area contributed by atoms with E-state index in [1.54, 1.807) is 13.3 Å². The first-order valence-electron chi connectivity index (χ1n) is 7.61. The molecule has 0 spiro atoms. The Bertz CT molecular complexity index is 821. The third-order valence-corrected chi connectivity index (χ3v) is 5.05. The van der Waals surface area contributed by atoms with E-state index in [1.807, 2.05) is 48.5 Å². The Morgan fingerprint density at radius 3 is 2.72 bits per heavy atom. The maximum atomic E-state index is 12.1. The maximum Gasteiger partial charge on any atom is 0.239 e. The van der Waals surface area contributed by atoms with Crippen molar-refractivity contribution in [2.45, 2.75) is 11.7 Å². The summed E-state index contributed by atoms with van der Waals surface area (Å²) in [4.78, 5) is 12.1. The first-order valence-corrected chi connectivity index (χ1v) is 8.87. The third-order valence-electron chi connectivity index (χ3n) is 3.61. The minimum absolute atomic E-state index is 0.0803. The Labute approximate surface area is 155 Å². The van der Waals surface area contributed by atoms with E-state index in [9.17, 15) is 4.79 Å². The van der Waals surface area contributed by atoms with E-state index in [2.05, 4.69) is 15.5 Å². The molecule has 0 saturated carbocycles. The molecule has 3 rings (SSSR count). The molecule has 0 aromatic heterocycles. The van der Waals surface area contributed by atoms with Gasteiger partial charge in [-0.1, -0.05) is 41.6 Å². The van der Waals surface area contributed by atoms with Gasteiger partial charge < -0.3 is 10.1 Å². The Morgan fingerprint density at radius 2 is 2.00 bits per heavy atom. The van der Waals surface area contributed by atoms with E-state index < -0.39 is 0 Å². The molecule has 128 valence electrons. The van der Waals surface area contributed by atoms with E-state index in [0.717, 1.165) is 16.9 Å². The standard InChI is InChI=1S/C18H16ClN3O2S/c1-24-14-8-6-12(7-9-14)11-20-22-18-21-17(23)16(25-18)10-13-4-2-3-5-15(13)19/h2-9,11,16H,10H2,1H3,(H,21,22,23). The topological polar surface area (TPSA) is 63.1 Å². The molecule has 1 amide bonds. The molecule has 1 unspecified atom stereocenters. The van der Waals surface area contributed by atoms with Gasteiger partial charge in [0.2, 0.25) is 5.91 Å². The van der Waals surface area contributed by atoms with Crippen molar-refractivity contribution in [2.24, 2.45) is 10.2 Å². The number of carbonyl (C=O) groups is 1. The van der Waals surface area contributed by atoms with Crippen molar-refractivity contribution in [3.8, 4) is 5.75 Å². The average Bonchev–Trinajstić information content (AvgIpc) is 2.97. The molecule has 2 aromatic carbocycles. The molecule has 1 saturated heterocycles. The predicted molar refractivity (Wildman–Crippen MR) is 103 cm³/mol. The maximum absolute atomic E-state index is 12.1. The van der Waals surface area contributed by atoms with Gasteiger partial charge in [0.05, 0.1) is 18.6 Å². The van der Waals surface area contributed by atoms with Crippen molar-refractivity contribution >= 4 is 40.7 Å². The lowest BCUT2D eigenvalue weighted by molar-refractivity contribution is -0.118. The van der Waals surface area contributed by atoms with Crippen molar-refractivity contribution in [1.29, 1.82) is 0 Å². The lowest BCUT2D eigenvalue weighted by Gasteiger charge is -2.06. The molecular formula is C18H16ClN3O2S. The fraction of sp³-hybridized carbons (Fsp3) is 0.167. The number of hydrogen-bond acceptors (Lipinski definition) is 5. The number of thioether (sulfide) groups is 1. The van der Waals surface area contributed by atoms with E-state index in [0.29, 0.717) is 16.6 Å². The number of benzene rings is 2. The number of carbonyl (C=O) groups excluding carboxylic acids is 1. The number of amides is 1. The predicted octanol–water partition coefficient (Wildman–Crippen LogP) is 3.51. The normalized spacial score (nSPS) is 18.7. The lowest BCUT2D eigenvalue weighted by atomic mass is 10.1. The van der Waals surface area contributed by atoms with Crippen molar-refractivity contribution < 1.29 is 9.53 Å². The van der Waals surface area contributed by atoms with Crippen LogP contribution in [0.4, 0.5) is 0 Å². The van der Waals surface area contributed by atoms with Crippen molar-refractivity contribution in [3.63, 3.8) is 0 Å². The Kier molecular flexibility index (Phi) is 5.73. The molecule has 0 bridgehead atoms. The summed E-state index contributed by atoms with van der Waals surface area (Å²) < 4.78 is 5.10. The number of amidine groups is 1. The molecule has 1 aliphatic rings. The summed E-state index contributed by atoms with van der Waals surface area (Å²) in [6, 6.07) is 15.0. The molecule has 0 aliphatic carbocycles. The number of ether oxygens (including phenoxy) is 1. The van der Waals surface area contributed by atoms with Crippen LogP contribution in [-0.4, -0.2) is 29.6 Å². The molecule has 1 N–H and O–H groups in total. The van der Waals surface area contributed by atoms with Gasteiger partial charge in [0.1, 0.15) is 5.75 Å². The van der Waals surface area contributed by atoms with Gasteiger partial charge >= 0.3 is 0 Å². The average molecular weight is 374 g/mol. The second-order valence-electron chi connectivity index (χ2n) is 5.31. The van der Waals surface area contributed by atoms with E-state index >= 15 is 0 Å². The highest BCUT2D eigenvalue weighted by Gasteiger charge is 2.30. The van der Waals surface area contributed by atoms with Crippen LogP contribution < -0.4 is 10.1 Å². The molecule has 2 aromatic rings. The summed E-state index contributed by atoms with van der Waals surface area (Å²) in [5.41, 5.74) is 1.84.